The van der Waals surface area contributed by atoms with Crippen molar-refractivity contribution in [3.63, 3.8) is 0 Å². The quantitative estimate of drug-likeness (QED) is 0.0491. The zero-order valence-corrected chi connectivity index (χ0v) is 52.4. The largest absolute Gasteiger partial charge is 0.493 e. The molecule has 23 heteroatoms. The van der Waals surface area contributed by atoms with E-state index in [1.54, 1.807) is 13.2 Å². The molecule has 0 radical (unpaired) electrons. The highest BCUT2D eigenvalue weighted by Gasteiger charge is 2.56. The number of rotatable bonds is 17. The van der Waals surface area contributed by atoms with E-state index in [9.17, 15) is 28.4 Å². The van der Waals surface area contributed by atoms with E-state index in [-0.39, 0.29) is 47.4 Å². The Balaban J connectivity index is 0.754. The fraction of sp³-hybridized carbons (Fsp3) is 0.530. The van der Waals surface area contributed by atoms with Crippen LogP contribution < -0.4 is 38.9 Å². The molecule has 89 heavy (non-hydrogen) atoms. The normalized spacial score (nSPS) is 25.6. The molecule has 13 rings (SSSR count). The van der Waals surface area contributed by atoms with Gasteiger partial charge in [0.05, 0.1) is 71.8 Å². The number of piperazine rings is 1. The van der Waals surface area contributed by atoms with E-state index in [4.69, 9.17) is 33.7 Å². The maximum absolute atomic E-state index is 14.9. The third kappa shape index (κ3) is 12.3. The van der Waals surface area contributed by atoms with Crippen LogP contribution in [0.15, 0.2) is 96.2 Å². The zero-order chi connectivity index (χ0) is 61.8. The number of pyridine rings is 2. The molecule has 474 valence electrons. The van der Waals surface area contributed by atoms with E-state index in [1.165, 1.54) is 17.7 Å². The zero-order valence-electron chi connectivity index (χ0n) is 51.6. The van der Waals surface area contributed by atoms with Crippen LogP contribution in [-0.4, -0.2) is 165 Å². The number of nitro benzene ring substituents is 1. The number of methoxy groups -OCH3 is 1. The van der Waals surface area contributed by atoms with Crippen LogP contribution >= 0.6 is 0 Å². The van der Waals surface area contributed by atoms with Crippen LogP contribution in [0.5, 0.6) is 17.4 Å². The second kappa shape index (κ2) is 24.8. The first-order valence-electron chi connectivity index (χ1n) is 31.7. The number of hydrogen-bond acceptors (Lipinski definition) is 19. The van der Waals surface area contributed by atoms with Crippen molar-refractivity contribution in [3.05, 3.63) is 118 Å². The number of carbonyl (C=O) groups is 1. The average Bonchev–Trinajstić information content (AvgIpc) is 0.913. The summed E-state index contributed by atoms with van der Waals surface area (Å²) in [6.45, 7) is 17.4. The highest BCUT2D eigenvalue weighted by molar-refractivity contribution is 7.90. The molecule has 5 aliphatic heterocycles. The summed E-state index contributed by atoms with van der Waals surface area (Å²) in [5.74, 6) is 2.61. The number of H-pyrrole nitrogens is 1. The van der Waals surface area contributed by atoms with Gasteiger partial charge >= 0.3 is 0 Å². The van der Waals surface area contributed by atoms with Gasteiger partial charge in [0.15, 0.2) is 11.6 Å². The van der Waals surface area contributed by atoms with Gasteiger partial charge in [0.2, 0.25) is 5.88 Å². The number of aromatic nitrogens is 3. The van der Waals surface area contributed by atoms with E-state index in [0.717, 1.165) is 124 Å². The average molecular weight is 1240 g/mol. The second-order valence-electron chi connectivity index (χ2n) is 26.2. The number of anilines is 5. The molecule has 0 bridgehead atoms. The van der Waals surface area contributed by atoms with Gasteiger partial charge in [-0.15, -0.1) is 0 Å². The lowest BCUT2D eigenvalue weighted by Gasteiger charge is -2.62. The van der Waals surface area contributed by atoms with Crippen molar-refractivity contribution in [1.29, 1.82) is 0 Å². The van der Waals surface area contributed by atoms with Crippen molar-refractivity contribution in [2.75, 3.05) is 106 Å². The molecule has 8 heterocycles. The smallest absolute Gasteiger partial charge is 0.293 e. The molecule has 1 spiro atoms. The number of benzene rings is 3. The summed E-state index contributed by atoms with van der Waals surface area (Å²) in [5.41, 5.74) is 4.18. The Hall–Kier alpha value is -7.28. The first-order chi connectivity index (χ1) is 42.9. The molecule has 3 aromatic heterocycles. The van der Waals surface area contributed by atoms with Crippen molar-refractivity contribution in [1.82, 2.24) is 29.5 Å². The Morgan fingerprint density at radius 2 is 1.70 bits per heavy atom. The molecule has 6 fully saturated rings. The number of nitrogens with zero attached hydrogens (tertiary/aromatic N) is 8. The summed E-state index contributed by atoms with van der Waals surface area (Å²) in [7, 11) is -2.94. The number of fused-ring (bicyclic) bond motifs is 3. The van der Waals surface area contributed by atoms with E-state index in [1.807, 2.05) is 43.6 Å². The lowest BCUT2D eigenvalue weighted by Crippen LogP contribution is -2.64. The minimum atomic E-state index is -4.66. The SMILES string of the molecule is COc1cc(CN2CCN([C@@H]3CC4(CCN(c5ccc(C(=O)NS(=O)(=O)c6ccc(NC[C@H]7CC[C@](C)(O)CC7)c([N+](=O)[O-])c6)c(N6c7cc8cc[nH]c8nc7O[C@H]7COCC[C@@H]76)c5)CC4)[C@H]3C)[C@@H](c3ccccc3OC(C)C)C2)cnc1N1CCOCC1. The molecular weight excluding hydrogens is 1150 g/mol. The number of hydrogen-bond donors (Lipinski definition) is 4. The van der Waals surface area contributed by atoms with Gasteiger partial charge in [-0.3, -0.25) is 24.7 Å². The summed E-state index contributed by atoms with van der Waals surface area (Å²) in [5, 5.41) is 26.9. The van der Waals surface area contributed by atoms with Crippen LogP contribution in [0.3, 0.4) is 0 Å². The van der Waals surface area contributed by atoms with E-state index in [2.05, 4.69) is 90.6 Å². The molecule has 4 saturated heterocycles. The van der Waals surface area contributed by atoms with Crippen LogP contribution in [0, 0.1) is 27.4 Å². The van der Waals surface area contributed by atoms with Crippen LogP contribution in [0.2, 0.25) is 0 Å². The number of aromatic amines is 1. The van der Waals surface area contributed by atoms with Crippen molar-refractivity contribution in [2.45, 2.75) is 126 Å². The Morgan fingerprint density at radius 1 is 0.899 bits per heavy atom. The molecule has 5 atom stereocenters. The van der Waals surface area contributed by atoms with Gasteiger partial charge in [0.25, 0.3) is 21.6 Å². The molecule has 6 aromatic rings. The summed E-state index contributed by atoms with van der Waals surface area (Å²) in [6, 6.07) is 24.0. The molecule has 7 aliphatic rings. The van der Waals surface area contributed by atoms with Crippen molar-refractivity contribution in [3.8, 4) is 17.4 Å². The van der Waals surface area contributed by atoms with Crippen LogP contribution in [0.25, 0.3) is 11.0 Å². The topological polar surface area (TPSA) is 243 Å². The lowest BCUT2D eigenvalue weighted by molar-refractivity contribution is -0.384. The number of para-hydroxylation sites is 1. The Kier molecular flexibility index (Phi) is 16.9. The van der Waals surface area contributed by atoms with Gasteiger partial charge in [0, 0.05) is 107 Å². The van der Waals surface area contributed by atoms with Gasteiger partial charge in [-0.2, -0.15) is 4.98 Å². The monoisotopic (exact) mass is 1240 g/mol. The standard InChI is InChI=1S/C66H83N11O11S/c1-42(2)87-58-9-7-6-8-49(58)57-40-72(39-45-32-59(84-5)62(69-38-45)74-27-30-85-31-28-74)25-26-75(57)56-36-66(43(56)3)20-23-73(24-21-66)47-10-12-50(53(34-47)76-52-17-29-86-41-60(52)88-64-55(76)33-46-16-22-67-61(46)70-64)63(78)71-89(82,83)48-11-13-51(54(35-48)77(80)81)68-37-44-14-18-65(4,79)19-15-44/h6-13,16,22,32-35,38,42-44,52,56-57,60,68,79H,14-15,17-21,23-31,36-37,39-41H2,1-5H3,(H,67,70)(H,71,78)/t43-,44-,52-,56+,57+,60-,65-/m0/s1. The number of sulfonamides is 1. The van der Waals surface area contributed by atoms with Gasteiger partial charge < -0.3 is 53.8 Å². The maximum Gasteiger partial charge on any atom is 0.293 e. The third-order valence-electron chi connectivity index (χ3n) is 20.2. The number of morpholine rings is 1. The van der Waals surface area contributed by atoms with Crippen molar-refractivity contribution in [2.24, 2.45) is 17.3 Å². The number of aliphatic hydroxyl groups is 1. The minimum Gasteiger partial charge on any atom is -0.493 e. The summed E-state index contributed by atoms with van der Waals surface area (Å²) in [4.78, 5) is 51.4. The maximum atomic E-state index is 14.9. The van der Waals surface area contributed by atoms with Crippen LogP contribution in [0.4, 0.5) is 34.3 Å². The van der Waals surface area contributed by atoms with Gasteiger partial charge in [-0.1, -0.05) is 25.1 Å². The molecule has 2 aliphatic carbocycles. The Bertz CT molecular complexity index is 3690. The van der Waals surface area contributed by atoms with Crippen LogP contribution in [0.1, 0.15) is 107 Å². The molecule has 4 N–H and O–H groups in total. The molecule has 3 aromatic carbocycles. The molecule has 2 saturated carbocycles. The number of ether oxygens (including phenoxy) is 5. The highest BCUT2D eigenvalue weighted by Crippen LogP contribution is 2.58. The first kappa shape index (κ1) is 60.6. The number of nitrogens with one attached hydrogen (secondary N) is 3. The molecule has 1 amide bonds. The number of piperidine rings is 1. The van der Waals surface area contributed by atoms with E-state index >= 15 is 0 Å². The molecule has 22 nitrogen and oxygen atoms in total. The van der Waals surface area contributed by atoms with Crippen molar-refractivity contribution < 1.29 is 46.9 Å². The number of nitro groups is 1. The molecule has 0 unspecified atom stereocenters. The summed E-state index contributed by atoms with van der Waals surface area (Å²) < 4.78 is 61.6. The van der Waals surface area contributed by atoms with Crippen molar-refractivity contribution >= 4 is 61.2 Å². The first-order valence-corrected chi connectivity index (χ1v) is 33.2. The van der Waals surface area contributed by atoms with Gasteiger partial charge in [-0.25, -0.2) is 18.1 Å². The van der Waals surface area contributed by atoms with Gasteiger partial charge in [0.1, 0.15) is 28.9 Å². The predicted molar refractivity (Wildman–Crippen MR) is 339 cm³/mol. The fourth-order valence-electron chi connectivity index (χ4n) is 15.1. The summed E-state index contributed by atoms with van der Waals surface area (Å²) in [6.07, 6.45) is 9.68. The third-order valence-corrected chi connectivity index (χ3v) is 21.6. The van der Waals surface area contributed by atoms with E-state index in [0.29, 0.717) is 80.5 Å². The molecular formula is C66H83N11O11S. The van der Waals surface area contributed by atoms with Gasteiger partial charge in [-0.05, 0) is 150 Å². The number of amides is 1. The second-order valence-corrected chi connectivity index (χ2v) is 27.8. The summed E-state index contributed by atoms with van der Waals surface area (Å²) >= 11 is 0. The minimum absolute atomic E-state index is 0.0179. The van der Waals surface area contributed by atoms with E-state index < -0.39 is 43.1 Å². The number of carbonyl (C=O) groups excluding carboxylic acids is 1. The fourth-order valence-corrected chi connectivity index (χ4v) is 16.1. The predicted octanol–water partition coefficient (Wildman–Crippen LogP) is 9.21. The Labute approximate surface area is 520 Å². The Morgan fingerprint density at radius 3 is 2.46 bits per heavy atom. The highest BCUT2D eigenvalue weighted by atomic mass is 32.2. The van der Waals surface area contributed by atoms with Crippen LogP contribution in [-0.2, 0) is 26.0 Å². The lowest BCUT2D eigenvalue weighted by atomic mass is 9.53.